The maximum atomic E-state index is 10.0. The van der Waals surface area contributed by atoms with Crippen LogP contribution in [0.3, 0.4) is 0 Å². The zero-order chi connectivity index (χ0) is 15.8. The van der Waals surface area contributed by atoms with E-state index in [9.17, 15) is 5.11 Å². The Hall–Kier alpha value is -3.21. The minimum Gasteiger partial charge on any atom is -0.479 e. The summed E-state index contributed by atoms with van der Waals surface area (Å²) in [5.41, 5.74) is 3.20. The molecule has 5 heteroatoms. The number of nitrogens with zero attached hydrogens (tertiary/aromatic N) is 3. The zero-order valence-electron chi connectivity index (χ0n) is 12.4. The topological polar surface area (TPSA) is 71.0 Å². The molecule has 4 rings (SSSR count). The predicted octanol–water partition coefficient (Wildman–Crippen LogP) is 2.15. The average molecular weight is 303 g/mol. The van der Waals surface area contributed by atoms with E-state index in [2.05, 4.69) is 15.2 Å². The number of fused-ring (bicyclic) bond motifs is 1. The SMILES string of the molecule is Cc1c/c(=C/c2nc(-c3ccccc3)oc2O)cc2c1=NN=C2. The van der Waals surface area contributed by atoms with Gasteiger partial charge in [0.05, 0.1) is 11.6 Å². The van der Waals surface area contributed by atoms with Crippen molar-refractivity contribution in [2.75, 3.05) is 0 Å². The second-order valence-corrected chi connectivity index (χ2v) is 5.34. The molecule has 3 aromatic rings. The van der Waals surface area contributed by atoms with Crippen LogP contribution in [-0.2, 0) is 0 Å². The highest BCUT2D eigenvalue weighted by molar-refractivity contribution is 5.81. The van der Waals surface area contributed by atoms with Gasteiger partial charge in [0.1, 0.15) is 5.69 Å². The Bertz CT molecular complexity index is 1030. The first-order valence-corrected chi connectivity index (χ1v) is 7.19. The number of aryl methyl sites for hydroxylation is 1. The van der Waals surface area contributed by atoms with Gasteiger partial charge in [-0.25, -0.2) is 4.98 Å². The van der Waals surface area contributed by atoms with E-state index in [1.807, 2.05) is 49.4 Å². The Morgan fingerprint density at radius 3 is 2.78 bits per heavy atom. The van der Waals surface area contributed by atoms with Gasteiger partial charge in [0.15, 0.2) is 0 Å². The lowest BCUT2D eigenvalue weighted by molar-refractivity contribution is 0.336. The van der Waals surface area contributed by atoms with E-state index < -0.39 is 0 Å². The van der Waals surface area contributed by atoms with Gasteiger partial charge in [0.2, 0.25) is 5.89 Å². The maximum absolute atomic E-state index is 10.0. The lowest BCUT2D eigenvalue weighted by atomic mass is 10.1. The van der Waals surface area contributed by atoms with Crippen molar-refractivity contribution in [2.24, 2.45) is 10.2 Å². The van der Waals surface area contributed by atoms with E-state index >= 15 is 0 Å². The maximum Gasteiger partial charge on any atom is 0.310 e. The molecule has 0 unspecified atom stereocenters. The van der Waals surface area contributed by atoms with Crippen LogP contribution in [0.25, 0.3) is 17.5 Å². The zero-order valence-corrected chi connectivity index (χ0v) is 12.4. The molecule has 0 bridgehead atoms. The minimum atomic E-state index is -0.194. The highest BCUT2D eigenvalue weighted by Crippen LogP contribution is 2.26. The largest absolute Gasteiger partial charge is 0.479 e. The number of hydrogen-bond acceptors (Lipinski definition) is 5. The van der Waals surface area contributed by atoms with Crippen molar-refractivity contribution in [3.63, 3.8) is 0 Å². The average Bonchev–Trinajstić information content (AvgIpc) is 3.16. The van der Waals surface area contributed by atoms with Crippen LogP contribution in [0.1, 0.15) is 16.8 Å². The molecule has 5 nitrogen and oxygen atoms in total. The lowest BCUT2D eigenvalue weighted by Gasteiger charge is -1.95. The lowest BCUT2D eigenvalue weighted by Crippen LogP contribution is -2.16. The first-order valence-electron chi connectivity index (χ1n) is 7.19. The van der Waals surface area contributed by atoms with E-state index in [0.29, 0.717) is 11.6 Å². The smallest absolute Gasteiger partial charge is 0.310 e. The number of benzene rings is 2. The van der Waals surface area contributed by atoms with Crippen LogP contribution < -0.4 is 10.6 Å². The second-order valence-electron chi connectivity index (χ2n) is 5.34. The number of rotatable bonds is 2. The van der Waals surface area contributed by atoms with Gasteiger partial charge in [-0.3, -0.25) is 0 Å². The molecular formula is C18H13N3O2. The molecule has 112 valence electrons. The molecule has 0 saturated heterocycles. The van der Waals surface area contributed by atoms with Crippen molar-refractivity contribution in [2.45, 2.75) is 6.92 Å². The normalized spacial score (nSPS) is 13.2. The molecule has 0 atom stereocenters. The van der Waals surface area contributed by atoms with Crippen molar-refractivity contribution < 1.29 is 9.52 Å². The van der Waals surface area contributed by atoms with Crippen LogP contribution in [0.15, 0.2) is 57.1 Å². The fourth-order valence-corrected chi connectivity index (χ4v) is 2.58. The third-order valence-electron chi connectivity index (χ3n) is 3.67. The molecule has 1 N–H and O–H groups in total. The monoisotopic (exact) mass is 303 g/mol. The third-order valence-corrected chi connectivity index (χ3v) is 3.67. The molecule has 0 amide bonds. The van der Waals surface area contributed by atoms with E-state index in [4.69, 9.17) is 4.42 Å². The highest BCUT2D eigenvalue weighted by Gasteiger charge is 2.12. The fraction of sp³-hybridized carbons (Fsp3) is 0.0556. The van der Waals surface area contributed by atoms with Crippen LogP contribution in [-0.4, -0.2) is 16.3 Å². The Labute approximate surface area is 132 Å². The molecule has 1 aromatic heterocycles. The summed E-state index contributed by atoms with van der Waals surface area (Å²) >= 11 is 0. The molecule has 0 fully saturated rings. The summed E-state index contributed by atoms with van der Waals surface area (Å²) in [5.74, 6) is 0.198. The second kappa shape index (κ2) is 5.21. The number of oxazole rings is 1. The van der Waals surface area contributed by atoms with Gasteiger partial charge < -0.3 is 9.52 Å². The van der Waals surface area contributed by atoms with Crippen LogP contribution in [0.2, 0.25) is 0 Å². The van der Waals surface area contributed by atoms with E-state index in [1.165, 1.54) is 0 Å². The number of hydrogen-bond donors (Lipinski definition) is 1. The van der Waals surface area contributed by atoms with E-state index in [1.54, 1.807) is 12.3 Å². The standard InChI is InChI=1S/C18H13N3O2/c1-11-7-12(8-14-10-19-21-16(11)14)9-15-18(22)23-17(20-15)13-5-3-2-4-6-13/h2-10,22H,1H3/b12-9-. The van der Waals surface area contributed by atoms with Gasteiger partial charge in [-0.05, 0) is 48.0 Å². The summed E-state index contributed by atoms with van der Waals surface area (Å²) in [6, 6.07) is 13.4. The molecule has 0 aliphatic carbocycles. The summed E-state index contributed by atoms with van der Waals surface area (Å²) in [6.45, 7) is 1.98. The first kappa shape index (κ1) is 13.5. The van der Waals surface area contributed by atoms with Crippen molar-refractivity contribution in [1.29, 1.82) is 0 Å². The first-order chi connectivity index (χ1) is 11.2. The predicted molar refractivity (Wildman–Crippen MR) is 86.7 cm³/mol. The quantitative estimate of drug-likeness (QED) is 0.788. The molecule has 0 spiro atoms. The van der Waals surface area contributed by atoms with Crippen LogP contribution in [0.5, 0.6) is 5.95 Å². The minimum absolute atomic E-state index is 0.194. The van der Waals surface area contributed by atoms with Crippen molar-refractivity contribution >= 4 is 12.3 Å². The van der Waals surface area contributed by atoms with Crippen molar-refractivity contribution in [1.82, 2.24) is 4.98 Å². The van der Waals surface area contributed by atoms with Crippen LogP contribution >= 0.6 is 0 Å². The van der Waals surface area contributed by atoms with E-state index in [-0.39, 0.29) is 5.95 Å². The molecule has 1 aliphatic heterocycles. The molecule has 0 saturated carbocycles. The van der Waals surface area contributed by atoms with Gasteiger partial charge in [-0.1, -0.05) is 18.2 Å². The Balaban J connectivity index is 1.81. The molecule has 2 aromatic carbocycles. The molecular weight excluding hydrogens is 290 g/mol. The van der Waals surface area contributed by atoms with Gasteiger partial charge >= 0.3 is 5.95 Å². The third kappa shape index (κ3) is 2.42. The van der Waals surface area contributed by atoms with Crippen molar-refractivity contribution in [3.8, 4) is 17.4 Å². The molecule has 2 heterocycles. The summed E-state index contributed by atoms with van der Waals surface area (Å²) in [5, 5.41) is 19.8. The summed E-state index contributed by atoms with van der Waals surface area (Å²) in [7, 11) is 0. The fourth-order valence-electron chi connectivity index (χ4n) is 2.58. The summed E-state index contributed by atoms with van der Waals surface area (Å²) < 4.78 is 5.36. The van der Waals surface area contributed by atoms with E-state index in [0.717, 1.165) is 27.3 Å². The Morgan fingerprint density at radius 1 is 1.13 bits per heavy atom. The molecule has 23 heavy (non-hydrogen) atoms. The highest BCUT2D eigenvalue weighted by atomic mass is 16.5. The van der Waals surface area contributed by atoms with Gasteiger partial charge in [0.25, 0.3) is 0 Å². The number of aromatic nitrogens is 1. The summed E-state index contributed by atoms with van der Waals surface area (Å²) in [6.07, 6.45) is 3.50. The number of aromatic hydroxyl groups is 1. The Morgan fingerprint density at radius 2 is 1.96 bits per heavy atom. The Kier molecular flexibility index (Phi) is 3.05. The molecule has 1 aliphatic rings. The summed E-state index contributed by atoms with van der Waals surface area (Å²) in [4.78, 5) is 4.37. The molecule has 0 radical (unpaired) electrons. The van der Waals surface area contributed by atoms with Gasteiger partial charge in [0, 0.05) is 11.1 Å². The van der Waals surface area contributed by atoms with Gasteiger partial charge in [-0.15, -0.1) is 0 Å². The van der Waals surface area contributed by atoms with Crippen LogP contribution in [0, 0.1) is 6.92 Å². The van der Waals surface area contributed by atoms with Gasteiger partial charge in [-0.2, -0.15) is 10.2 Å². The van der Waals surface area contributed by atoms with Crippen LogP contribution in [0.4, 0.5) is 0 Å². The van der Waals surface area contributed by atoms with Crippen molar-refractivity contribution in [3.05, 3.63) is 69.9 Å².